The van der Waals surface area contributed by atoms with Crippen LogP contribution in [-0.4, -0.2) is 236 Å². The van der Waals surface area contributed by atoms with Crippen LogP contribution in [0.25, 0.3) is 21.5 Å². The smallest absolute Gasteiger partial charge is 0.327 e. The van der Waals surface area contributed by atoms with Crippen LogP contribution in [0, 0.1) is 11.8 Å². The van der Waals surface area contributed by atoms with Crippen LogP contribution >= 0.6 is 11.8 Å². The van der Waals surface area contributed by atoms with Gasteiger partial charge in [0.2, 0.25) is 17.7 Å². The van der Waals surface area contributed by atoms with Crippen LogP contribution in [0.1, 0.15) is 57.4 Å². The third-order valence-electron chi connectivity index (χ3n) is 14.5. The van der Waals surface area contributed by atoms with E-state index in [1.807, 2.05) is 64.4 Å². The second-order valence-electron chi connectivity index (χ2n) is 20.8. The Morgan fingerprint density at radius 2 is 1.01 bits per heavy atom. The minimum Gasteiger partial charge on any atom is -0.481 e. The molecular formula is C55H75N9O17S. The minimum absolute atomic E-state index is 0.00236. The van der Waals surface area contributed by atoms with Crippen LogP contribution < -0.4 is 26.6 Å². The monoisotopic (exact) mass is 1170 g/mol. The SMILES string of the molecule is CC(=O)CN1CCN(CC(=O)O)CCN(CC(=O)O)CCN(CC(=O)NC[C@H]2CC[C@H](C(=O)N[C@@H](Cc3c4ccccc4cc4ccccc34)C(=O)N[C@H](CSC[C@H](NC(=O)N[C@@H](CCCC(=O)O)C(=O)O)C(=O)O)C(=O)O)CC2)CC1. The molecule has 26 nitrogen and oxygen atoms in total. The summed E-state index contributed by atoms with van der Waals surface area (Å²) in [5.41, 5.74) is 0.721. The molecule has 1 saturated carbocycles. The molecule has 5 amide bonds. The minimum atomic E-state index is -1.64. The molecule has 2 aliphatic rings. The van der Waals surface area contributed by atoms with Gasteiger partial charge in [-0.15, -0.1) is 0 Å². The summed E-state index contributed by atoms with van der Waals surface area (Å²) in [6, 6.07) is 9.77. The molecule has 11 N–H and O–H groups in total. The third kappa shape index (κ3) is 22.1. The second kappa shape index (κ2) is 32.8. The summed E-state index contributed by atoms with van der Waals surface area (Å²) < 4.78 is 0. The summed E-state index contributed by atoms with van der Waals surface area (Å²) in [4.78, 5) is 145. The van der Waals surface area contributed by atoms with Crippen molar-refractivity contribution in [2.45, 2.75) is 82.5 Å². The van der Waals surface area contributed by atoms with Gasteiger partial charge in [-0.3, -0.25) is 53.2 Å². The van der Waals surface area contributed by atoms with Gasteiger partial charge in [-0.05, 0) is 84.5 Å². The summed E-state index contributed by atoms with van der Waals surface area (Å²) in [5.74, 6) is -10.7. The molecular weight excluding hydrogens is 1090 g/mol. The maximum absolute atomic E-state index is 14.4. The predicted octanol–water partition coefficient (Wildman–Crippen LogP) is 0.686. The van der Waals surface area contributed by atoms with Crippen molar-refractivity contribution in [2.75, 3.05) is 96.6 Å². The van der Waals surface area contributed by atoms with E-state index in [1.54, 1.807) is 9.80 Å². The number of benzene rings is 3. The molecule has 0 unspecified atom stereocenters. The van der Waals surface area contributed by atoms with Crippen molar-refractivity contribution in [3.8, 4) is 0 Å². The van der Waals surface area contributed by atoms with Crippen molar-refractivity contribution >= 4 is 98.7 Å². The number of hydrogen-bond acceptors (Lipinski definition) is 16. The van der Waals surface area contributed by atoms with Crippen molar-refractivity contribution in [3.63, 3.8) is 0 Å². The Morgan fingerprint density at radius 3 is 1.49 bits per heavy atom. The van der Waals surface area contributed by atoms with Gasteiger partial charge in [0.05, 0.1) is 26.2 Å². The molecule has 0 aromatic heterocycles. The average Bonchev–Trinajstić information content (AvgIpc) is 3.48. The van der Waals surface area contributed by atoms with E-state index in [9.17, 15) is 78.3 Å². The first kappa shape index (κ1) is 65.4. The molecule has 0 radical (unpaired) electrons. The zero-order valence-electron chi connectivity index (χ0n) is 45.8. The standard InChI is InChI=1S/C55H75N9O17S/c1-34(65)28-61-17-19-62(20-22-64(31-49(71)72)24-23-63(21-18-61)30-48(69)70)29-46(66)56-27-35-13-15-36(16-14-35)50(73)57-43(26-41-39-9-4-2-7-37(39)25-38-8-3-5-10-40(38)41)51(74)58-44(53(77)78)32-82-33-45(54(79)80)60-55(81)59-42(52(75)76)11-6-12-47(67)68/h2-5,7-10,25,35-36,42-45H,6,11-24,26-33H2,1H3,(H,56,66)(H,57,73)(H,58,74)(H,67,68)(H,69,70)(H,71,72)(H,75,76)(H,77,78)(H,79,80)(H2,59,60,81)/t35-,36-,42-,43-,44+,45-/m0/s1. The number of carboxylic acids is 6. The van der Waals surface area contributed by atoms with Crippen LogP contribution in [0.2, 0.25) is 0 Å². The molecule has 0 bridgehead atoms. The molecule has 1 heterocycles. The number of carbonyl (C=O) groups is 11. The second-order valence-corrected chi connectivity index (χ2v) is 21.9. The van der Waals surface area contributed by atoms with E-state index in [4.69, 9.17) is 5.11 Å². The number of nitrogens with zero attached hydrogens (tertiary/aromatic N) is 4. The number of fused-ring (bicyclic) bond motifs is 2. The molecule has 448 valence electrons. The van der Waals surface area contributed by atoms with Gasteiger partial charge in [0.1, 0.15) is 30.0 Å². The number of nitrogens with one attached hydrogen (secondary N) is 5. The first-order valence-electron chi connectivity index (χ1n) is 27.2. The zero-order chi connectivity index (χ0) is 59.9. The molecule has 3 aromatic carbocycles. The van der Waals surface area contributed by atoms with E-state index < -0.39 is 89.5 Å². The van der Waals surface area contributed by atoms with Crippen molar-refractivity contribution in [1.82, 2.24) is 46.2 Å². The first-order chi connectivity index (χ1) is 39.0. The number of carboxylic acid groups (broad SMARTS) is 6. The van der Waals surface area contributed by atoms with E-state index in [0.717, 1.165) is 38.9 Å². The molecule has 3 aromatic rings. The highest BCUT2D eigenvalue weighted by molar-refractivity contribution is 7.99. The molecule has 5 rings (SSSR count). The molecule has 1 aliphatic carbocycles. The zero-order valence-corrected chi connectivity index (χ0v) is 46.6. The van der Waals surface area contributed by atoms with Crippen LogP contribution in [0.4, 0.5) is 4.79 Å². The predicted molar refractivity (Wildman–Crippen MR) is 300 cm³/mol. The fraction of sp³-hybridized carbons (Fsp3) is 0.545. The fourth-order valence-electron chi connectivity index (χ4n) is 10.1. The number of carbonyl (C=O) groups excluding carboxylic acids is 5. The highest BCUT2D eigenvalue weighted by Gasteiger charge is 2.34. The van der Waals surface area contributed by atoms with Crippen molar-refractivity contribution < 1.29 is 83.4 Å². The number of urea groups is 1. The third-order valence-corrected chi connectivity index (χ3v) is 15.6. The number of Topliss-reactive ketones (excluding diaryl/α,β-unsaturated/α-hetero) is 1. The van der Waals surface area contributed by atoms with E-state index in [2.05, 4.69) is 26.6 Å². The Kier molecular flexibility index (Phi) is 26.2. The number of amides is 5. The largest absolute Gasteiger partial charge is 0.481 e. The number of aliphatic carboxylic acids is 6. The van der Waals surface area contributed by atoms with Crippen LogP contribution in [0.3, 0.4) is 0 Å². The molecule has 0 spiro atoms. The molecule has 4 atom stereocenters. The van der Waals surface area contributed by atoms with Gasteiger partial charge in [-0.2, -0.15) is 11.8 Å². The van der Waals surface area contributed by atoms with Gasteiger partial charge in [-0.25, -0.2) is 19.2 Å². The van der Waals surface area contributed by atoms with Gasteiger partial charge in [0, 0.05) is 89.2 Å². The van der Waals surface area contributed by atoms with E-state index in [-0.39, 0.29) is 88.3 Å². The van der Waals surface area contributed by atoms with Crippen molar-refractivity contribution in [3.05, 3.63) is 60.2 Å². The highest BCUT2D eigenvalue weighted by atomic mass is 32.2. The maximum atomic E-state index is 14.4. The summed E-state index contributed by atoms with van der Waals surface area (Å²) in [6.45, 7) is 4.08. The van der Waals surface area contributed by atoms with Crippen LogP contribution in [0.5, 0.6) is 0 Å². The Hall–Kier alpha value is -7.46. The lowest BCUT2D eigenvalue weighted by Crippen LogP contribution is -2.54. The normalized spacial score (nSPS) is 18.5. The summed E-state index contributed by atoms with van der Waals surface area (Å²) in [7, 11) is 0. The lowest BCUT2D eigenvalue weighted by Gasteiger charge is -2.33. The Labute approximate surface area is 477 Å². The fourth-order valence-corrected chi connectivity index (χ4v) is 11.1. The van der Waals surface area contributed by atoms with Gasteiger partial charge in [0.25, 0.3) is 0 Å². The summed E-state index contributed by atoms with van der Waals surface area (Å²) in [5, 5.41) is 73.7. The first-order valence-corrected chi connectivity index (χ1v) is 28.3. The number of hydrogen-bond donors (Lipinski definition) is 11. The Balaban J connectivity index is 1.23. The molecule has 2 fully saturated rings. The van der Waals surface area contributed by atoms with E-state index in [0.29, 0.717) is 71.5 Å². The quantitative estimate of drug-likeness (QED) is 0.0426. The molecule has 1 aliphatic heterocycles. The summed E-state index contributed by atoms with van der Waals surface area (Å²) >= 11 is 0.769. The maximum Gasteiger partial charge on any atom is 0.327 e. The number of thioether (sulfide) groups is 1. The van der Waals surface area contributed by atoms with Gasteiger partial charge >= 0.3 is 41.8 Å². The number of rotatable bonds is 29. The molecule has 82 heavy (non-hydrogen) atoms. The van der Waals surface area contributed by atoms with Gasteiger partial charge < -0.3 is 57.2 Å². The van der Waals surface area contributed by atoms with Crippen LogP contribution in [0.15, 0.2) is 54.6 Å². The van der Waals surface area contributed by atoms with Crippen LogP contribution in [-0.2, 0) is 54.4 Å². The van der Waals surface area contributed by atoms with E-state index in [1.165, 1.54) is 6.92 Å². The van der Waals surface area contributed by atoms with Crippen molar-refractivity contribution in [2.24, 2.45) is 11.8 Å². The topological polar surface area (TPSA) is 382 Å². The molecule has 27 heteroatoms. The highest BCUT2D eigenvalue weighted by Crippen LogP contribution is 2.31. The Morgan fingerprint density at radius 1 is 0.549 bits per heavy atom. The van der Waals surface area contributed by atoms with E-state index >= 15 is 0 Å². The average molecular weight is 1170 g/mol. The lowest BCUT2D eigenvalue weighted by atomic mass is 9.81. The van der Waals surface area contributed by atoms with Gasteiger partial charge in [0.15, 0.2) is 0 Å². The Bertz CT molecular complexity index is 2680. The summed E-state index contributed by atoms with van der Waals surface area (Å²) in [6.07, 6.45) is 1.17. The van der Waals surface area contributed by atoms with Gasteiger partial charge in [-0.1, -0.05) is 48.5 Å². The lowest BCUT2D eigenvalue weighted by molar-refractivity contribution is -0.141. The molecule has 1 saturated heterocycles. The number of ketones is 1. The van der Waals surface area contributed by atoms with Crippen molar-refractivity contribution in [1.29, 1.82) is 0 Å².